The number of benzene rings is 1. The fourth-order valence-corrected chi connectivity index (χ4v) is 2.02. The molecule has 2 rings (SSSR count). The van der Waals surface area contributed by atoms with Gasteiger partial charge in [0.1, 0.15) is 5.82 Å². The van der Waals surface area contributed by atoms with E-state index in [1.807, 2.05) is 43.5 Å². The van der Waals surface area contributed by atoms with Crippen LogP contribution in [-0.2, 0) is 22.5 Å². The molecule has 2 aromatic rings. The van der Waals surface area contributed by atoms with Crippen molar-refractivity contribution in [1.82, 2.24) is 9.55 Å². The molecule has 21 heavy (non-hydrogen) atoms. The summed E-state index contributed by atoms with van der Waals surface area (Å²) in [6, 6.07) is 9.66. The minimum absolute atomic E-state index is 0. The molecule has 1 aromatic heterocycles. The van der Waals surface area contributed by atoms with E-state index in [9.17, 15) is 4.79 Å². The van der Waals surface area contributed by atoms with E-state index in [2.05, 4.69) is 9.55 Å². The first kappa shape index (κ1) is 17.2. The van der Waals surface area contributed by atoms with Crippen LogP contribution < -0.4 is 0 Å². The number of aromatic nitrogens is 2. The van der Waals surface area contributed by atoms with Crippen LogP contribution in [0, 0.1) is 6.92 Å². The third kappa shape index (κ3) is 6.00. The normalized spacial score (nSPS) is 9.95. The smallest absolute Gasteiger partial charge is 0.310 e. The van der Waals surface area contributed by atoms with Gasteiger partial charge in [0.25, 0.3) is 0 Å². The Balaban J connectivity index is 0.00000220. The lowest BCUT2D eigenvalue weighted by Crippen LogP contribution is -2.09. The van der Waals surface area contributed by atoms with E-state index in [1.165, 1.54) is 0 Å². The highest BCUT2D eigenvalue weighted by molar-refractivity contribution is 5.85. The lowest BCUT2D eigenvalue weighted by atomic mass is 10.2. The molecule has 114 valence electrons. The molecule has 0 amide bonds. The molecule has 0 spiro atoms. The van der Waals surface area contributed by atoms with E-state index in [0.29, 0.717) is 13.0 Å². The zero-order valence-corrected chi connectivity index (χ0v) is 13.0. The molecule has 0 radical (unpaired) electrons. The van der Waals surface area contributed by atoms with Crippen LogP contribution in [0.5, 0.6) is 0 Å². The van der Waals surface area contributed by atoms with Crippen molar-refractivity contribution in [3.63, 3.8) is 0 Å². The van der Waals surface area contributed by atoms with Crippen molar-refractivity contribution in [1.29, 1.82) is 0 Å². The third-order valence-corrected chi connectivity index (χ3v) is 3.17. The molecule has 0 aliphatic carbocycles. The average molecular weight is 309 g/mol. The number of halogens is 1. The summed E-state index contributed by atoms with van der Waals surface area (Å²) in [5.74, 6) is 0.862. The van der Waals surface area contributed by atoms with Crippen LogP contribution in [0.3, 0.4) is 0 Å². The Morgan fingerprint density at radius 1 is 1.24 bits per heavy atom. The molecule has 0 aliphatic heterocycles. The molecule has 0 bridgehead atoms. The predicted octanol–water partition coefficient (Wildman–Crippen LogP) is 3.18. The highest BCUT2D eigenvalue weighted by Crippen LogP contribution is 2.03. The quantitative estimate of drug-likeness (QED) is 0.583. The molecule has 0 unspecified atom stereocenters. The fraction of sp³-hybridized carbons (Fsp3) is 0.375. The van der Waals surface area contributed by atoms with Crippen LogP contribution in [0.2, 0.25) is 0 Å². The van der Waals surface area contributed by atoms with Crippen molar-refractivity contribution < 1.29 is 9.53 Å². The van der Waals surface area contributed by atoms with Crippen molar-refractivity contribution in [2.75, 3.05) is 6.61 Å². The van der Waals surface area contributed by atoms with E-state index in [0.717, 1.165) is 30.8 Å². The number of ether oxygens (including phenoxy) is 1. The highest BCUT2D eigenvalue weighted by atomic mass is 35.5. The highest BCUT2D eigenvalue weighted by Gasteiger charge is 2.04. The first-order valence-electron chi connectivity index (χ1n) is 6.93. The average Bonchev–Trinajstić information content (AvgIpc) is 2.85. The summed E-state index contributed by atoms with van der Waals surface area (Å²) in [5, 5.41) is 0. The second-order valence-corrected chi connectivity index (χ2v) is 4.76. The number of carbonyl (C=O) groups is 1. The number of nitrogens with zero attached hydrogens (tertiary/aromatic N) is 2. The molecule has 4 nitrogen and oxygen atoms in total. The minimum atomic E-state index is -0.157. The van der Waals surface area contributed by atoms with Gasteiger partial charge in [-0.25, -0.2) is 4.98 Å². The summed E-state index contributed by atoms with van der Waals surface area (Å²) in [6.07, 6.45) is 5.97. The number of hydrogen-bond acceptors (Lipinski definition) is 3. The number of imidazole rings is 1. The summed E-state index contributed by atoms with van der Waals surface area (Å²) >= 11 is 0. The number of esters is 1. The van der Waals surface area contributed by atoms with E-state index in [1.54, 1.807) is 6.20 Å². The Morgan fingerprint density at radius 3 is 2.67 bits per heavy atom. The number of unbranched alkanes of at least 4 members (excludes halogenated alkanes) is 1. The monoisotopic (exact) mass is 308 g/mol. The number of aryl methyl sites for hydroxylation is 2. The summed E-state index contributed by atoms with van der Waals surface area (Å²) in [4.78, 5) is 15.8. The van der Waals surface area contributed by atoms with E-state index >= 15 is 0 Å². The molecular weight excluding hydrogens is 288 g/mol. The maximum atomic E-state index is 11.6. The molecule has 1 aromatic carbocycles. The van der Waals surface area contributed by atoms with Gasteiger partial charge in [0.15, 0.2) is 0 Å². The molecule has 0 N–H and O–H groups in total. The fourth-order valence-electron chi connectivity index (χ4n) is 2.02. The van der Waals surface area contributed by atoms with Gasteiger partial charge in [-0.3, -0.25) is 4.79 Å². The van der Waals surface area contributed by atoms with Crippen molar-refractivity contribution in [3.8, 4) is 0 Å². The van der Waals surface area contributed by atoms with Crippen LogP contribution in [0.15, 0.2) is 42.7 Å². The van der Waals surface area contributed by atoms with Gasteiger partial charge < -0.3 is 9.30 Å². The minimum Gasteiger partial charge on any atom is -0.465 e. The van der Waals surface area contributed by atoms with Crippen LogP contribution in [0.4, 0.5) is 0 Å². The molecule has 0 saturated carbocycles. The van der Waals surface area contributed by atoms with Gasteiger partial charge in [0.2, 0.25) is 0 Å². The topological polar surface area (TPSA) is 44.1 Å². The van der Waals surface area contributed by atoms with Crippen LogP contribution >= 0.6 is 12.4 Å². The maximum absolute atomic E-state index is 11.6. The Bertz CT molecular complexity index is 540. The van der Waals surface area contributed by atoms with Gasteiger partial charge in [-0.1, -0.05) is 30.3 Å². The second kappa shape index (κ2) is 9.19. The Hall–Kier alpha value is -1.81. The van der Waals surface area contributed by atoms with Gasteiger partial charge in [-0.15, -0.1) is 12.4 Å². The summed E-state index contributed by atoms with van der Waals surface area (Å²) < 4.78 is 7.33. The van der Waals surface area contributed by atoms with Crippen LogP contribution in [0.25, 0.3) is 0 Å². The SMILES string of the molecule is Cc1nccn1CCCCOC(=O)Cc1ccccc1.Cl. The van der Waals surface area contributed by atoms with Gasteiger partial charge in [-0.2, -0.15) is 0 Å². The lowest BCUT2D eigenvalue weighted by Gasteiger charge is -2.06. The first-order valence-corrected chi connectivity index (χ1v) is 6.93. The molecule has 5 heteroatoms. The molecule has 0 atom stereocenters. The Labute approximate surface area is 131 Å². The van der Waals surface area contributed by atoms with Crippen molar-refractivity contribution >= 4 is 18.4 Å². The standard InChI is InChI=1S/C16H20N2O2.ClH/c1-14-17-9-11-18(14)10-5-6-12-20-16(19)13-15-7-3-2-4-8-15;/h2-4,7-9,11H,5-6,10,12-13H2,1H3;1H. The largest absolute Gasteiger partial charge is 0.465 e. The van der Waals surface area contributed by atoms with Crippen molar-refractivity contribution in [3.05, 3.63) is 54.1 Å². The Kier molecular flexibility index (Phi) is 7.54. The van der Waals surface area contributed by atoms with E-state index < -0.39 is 0 Å². The van der Waals surface area contributed by atoms with Crippen LogP contribution in [0.1, 0.15) is 24.2 Å². The zero-order valence-electron chi connectivity index (χ0n) is 12.2. The predicted molar refractivity (Wildman–Crippen MR) is 84.6 cm³/mol. The van der Waals surface area contributed by atoms with Gasteiger partial charge in [0.05, 0.1) is 13.0 Å². The van der Waals surface area contributed by atoms with E-state index in [4.69, 9.17) is 4.74 Å². The summed E-state index contributed by atoms with van der Waals surface area (Å²) in [5.41, 5.74) is 0.992. The van der Waals surface area contributed by atoms with Gasteiger partial charge in [-0.05, 0) is 25.3 Å². The van der Waals surface area contributed by atoms with Gasteiger partial charge >= 0.3 is 5.97 Å². The van der Waals surface area contributed by atoms with E-state index in [-0.39, 0.29) is 18.4 Å². The van der Waals surface area contributed by atoms with Gasteiger partial charge in [0, 0.05) is 18.9 Å². The zero-order chi connectivity index (χ0) is 14.2. The third-order valence-electron chi connectivity index (χ3n) is 3.17. The van der Waals surface area contributed by atoms with Crippen molar-refractivity contribution in [2.24, 2.45) is 0 Å². The number of rotatable bonds is 7. The van der Waals surface area contributed by atoms with Crippen molar-refractivity contribution in [2.45, 2.75) is 32.7 Å². The molecule has 0 aliphatic rings. The summed E-state index contributed by atoms with van der Waals surface area (Å²) in [6.45, 7) is 3.39. The maximum Gasteiger partial charge on any atom is 0.310 e. The molecule has 0 saturated heterocycles. The first-order chi connectivity index (χ1) is 9.75. The number of carbonyl (C=O) groups excluding carboxylic acids is 1. The lowest BCUT2D eigenvalue weighted by molar-refractivity contribution is -0.142. The second-order valence-electron chi connectivity index (χ2n) is 4.76. The molecular formula is C16H21ClN2O2. The molecule has 0 fully saturated rings. The summed E-state index contributed by atoms with van der Waals surface area (Å²) in [7, 11) is 0. The van der Waals surface area contributed by atoms with Crippen LogP contribution in [-0.4, -0.2) is 22.1 Å². The Morgan fingerprint density at radius 2 is 2.00 bits per heavy atom. The molecule has 1 heterocycles. The number of hydrogen-bond donors (Lipinski definition) is 0.